The Bertz CT molecular complexity index is 1150. The zero-order valence-electron chi connectivity index (χ0n) is 17.5. The first kappa shape index (κ1) is 21.9. The van der Waals surface area contributed by atoms with Gasteiger partial charge >= 0.3 is 0 Å². The first-order valence-electron chi connectivity index (χ1n) is 9.99. The van der Waals surface area contributed by atoms with E-state index in [1.165, 1.54) is 17.5 Å². The second kappa shape index (κ2) is 9.45. The van der Waals surface area contributed by atoms with E-state index in [0.29, 0.717) is 58.0 Å². The summed E-state index contributed by atoms with van der Waals surface area (Å²) in [6, 6.07) is 5.42. The van der Waals surface area contributed by atoms with Crippen LogP contribution in [0.5, 0.6) is 0 Å². The third-order valence-corrected chi connectivity index (χ3v) is 5.94. The van der Waals surface area contributed by atoms with Gasteiger partial charge in [-0.25, -0.2) is 4.98 Å². The van der Waals surface area contributed by atoms with Crippen molar-refractivity contribution in [3.8, 4) is 0 Å². The molecule has 2 amide bonds. The highest BCUT2D eigenvalue weighted by Gasteiger charge is 2.21. The second-order valence-corrected chi connectivity index (χ2v) is 8.48. The molecule has 2 aromatic heterocycles. The summed E-state index contributed by atoms with van der Waals surface area (Å²) in [5, 5.41) is 9.59. The fraction of sp³-hybridized carbons (Fsp3) is 0.300. The molecular weight excluding hydrogens is 452 g/mol. The van der Waals surface area contributed by atoms with Gasteiger partial charge in [0.05, 0.1) is 23.5 Å². The first-order chi connectivity index (χ1) is 15.4. The average molecular weight is 473 g/mol. The number of carbonyl (C=O) groups excluding carboxylic acids is 2. The van der Waals surface area contributed by atoms with Crippen LogP contribution in [0.3, 0.4) is 0 Å². The number of hydrogen-bond acceptors (Lipinski definition) is 9. The number of nitrogens with zero attached hydrogens (tertiary/aromatic N) is 5. The number of benzene rings is 1. The van der Waals surface area contributed by atoms with Crippen LogP contribution >= 0.6 is 22.9 Å². The smallest absolute Gasteiger partial charge is 0.267 e. The van der Waals surface area contributed by atoms with Crippen LogP contribution in [0.1, 0.15) is 28.0 Å². The standard InChI is InChI=1S/C20H21ClN8O2S/c1-3-14-24-18(27-19(25-14)29-8-7-22-15(30)10-29)28-20-23-9-13(32-20)17(31)26-16-11(2)5-4-6-12(16)21/h4-6,9H,3,7-8,10H2,1-2H3,(H,22,30)(H,26,31)(H,23,24,25,27,28). The van der Waals surface area contributed by atoms with Gasteiger partial charge in [-0.3, -0.25) is 14.9 Å². The summed E-state index contributed by atoms with van der Waals surface area (Å²) >= 11 is 7.37. The molecule has 0 spiro atoms. The summed E-state index contributed by atoms with van der Waals surface area (Å²) in [7, 11) is 0. The van der Waals surface area contributed by atoms with Gasteiger partial charge in [-0.1, -0.05) is 42.0 Å². The van der Waals surface area contributed by atoms with Gasteiger partial charge in [0.15, 0.2) is 5.13 Å². The number of thiazole rings is 1. The quantitative estimate of drug-likeness (QED) is 0.500. The molecule has 3 N–H and O–H groups in total. The fourth-order valence-corrected chi connectivity index (χ4v) is 4.04. The Kier molecular flexibility index (Phi) is 6.47. The topological polar surface area (TPSA) is 125 Å². The SMILES string of the molecule is CCc1nc(Nc2ncc(C(=O)Nc3c(C)cccc3Cl)s2)nc(N2CCNC(=O)C2)n1. The molecule has 1 fully saturated rings. The second-order valence-electron chi connectivity index (χ2n) is 7.04. The number of amides is 2. The number of hydrogen-bond donors (Lipinski definition) is 3. The van der Waals surface area contributed by atoms with Crippen LogP contribution in [0.25, 0.3) is 0 Å². The Morgan fingerprint density at radius 2 is 2.16 bits per heavy atom. The minimum Gasteiger partial charge on any atom is -0.353 e. The summed E-state index contributed by atoms with van der Waals surface area (Å²) < 4.78 is 0. The minimum atomic E-state index is -0.309. The summed E-state index contributed by atoms with van der Waals surface area (Å²) in [6.07, 6.45) is 2.08. The van der Waals surface area contributed by atoms with E-state index in [2.05, 4.69) is 35.9 Å². The summed E-state index contributed by atoms with van der Waals surface area (Å²) in [5.74, 6) is 0.941. The summed E-state index contributed by atoms with van der Waals surface area (Å²) in [6.45, 7) is 5.15. The maximum Gasteiger partial charge on any atom is 0.267 e. The number of para-hydroxylation sites is 1. The van der Waals surface area contributed by atoms with Gasteiger partial charge in [-0.05, 0) is 18.6 Å². The molecule has 166 valence electrons. The van der Waals surface area contributed by atoms with Crippen molar-refractivity contribution in [2.75, 3.05) is 35.2 Å². The van der Waals surface area contributed by atoms with Crippen molar-refractivity contribution >= 4 is 57.5 Å². The molecule has 0 unspecified atom stereocenters. The van der Waals surface area contributed by atoms with Crippen LogP contribution in [0.4, 0.5) is 22.7 Å². The number of carbonyl (C=O) groups is 2. The number of anilines is 4. The molecule has 0 radical (unpaired) electrons. The van der Waals surface area contributed by atoms with Crippen LogP contribution in [0, 0.1) is 6.92 Å². The van der Waals surface area contributed by atoms with E-state index in [1.807, 2.05) is 26.0 Å². The molecule has 32 heavy (non-hydrogen) atoms. The van der Waals surface area contributed by atoms with Gasteiger partial charge in [0, 0.05) is 19.5 Å². The maximum absolute atomic E-state index is 12.7. The van der Waals surface area contributed by atoms with Crippen LogP contribution in [-0.2, 0) is 11.2 Å². The van der Waals surface area contributed by atoms with E-state index in [9.17, 15) is 9.59 Å². The van der Waals surface area contributed by atoms with Gasteiger partial charge in [-0.15, -0.1) is 0 Å². The van der Waals surface area contributed by atoms with E-state index in [1.54, 1.807) is 11.0 Å². The van der Waals surface area contributed by atoms with E-state index in [4.69, 9.17) is 11.6 Å². The van der Waals surface area contributed by atoms with Crippen molar-refractivity contribution in [3.05, 3.63) is 45.7 Å². The highest BCUT2D eigenvalue weighted by atomic mass is 35.5. The molecule has 3 heterocycles. The number of aromatic nitrogens is 4. The molecule has 1 aliphatic rings. The average Bonchev–Trinajstić information content (AvgIpc) is 3.24. The van der Waals surface area contributed by atoms with E-state index < -0.39 is 0 Å². The number of nitrogens with one attached hydrogen (secondary N) is 3. The molecule has 0 aliphatic carbocycles. The highest BCUT2D eigenvalue weighted by molar-refractivity contribution is 7.17. The van der Waals surface area contributed by atoms with Crippen molar-refractivity contribution in [1.82, 2.24) is 25.3 Å². The van der Waals surface area contributed by atoms with Gasteiger partial charge in [0.25, 0.3) is 5.91 Å². The Morgan fingerprint density at radius 1 is 1.31 bits per heavy atom. The first-order valence-corrected chi connectivity index (χ1v) is 11.2. The Hall–Kier alpha value is -3.31. The molecule has 0 atom stereocenters. The van der Waals surface area contributed by atoms with Crippen LogP contribution in [-0.4, -0.2) is 51.4 Å². The van der Waals surface area contributed by atoms with Gasteiger partial charge < -0.3 is 15.5 Å². The largest absolute Gasteiger partial charge is 0.353 e. The zero-order valence-corrected chi connectivity index (χ0v) is 19.0. The van der Waals surface area contributed by atoms with E-state index in [-0.39, 0.29) is 18.4 Å². The number of rotatable bonds is 6. The van der Waals surface area contributed by atoms with Crippen molar-refractivity contribution < 1.29 is 9.59 Å². The number of piperazine rings is 1. The van der Waals surface area contributed by atoms with Gasteiger partial charge in [-0.2, -0.15) is 15.0 Å². The third kappa shape index (κ3) is 4.94. The Balaban J connectivity index is 1.51. The van der Waals surface area contributed by atoms with Crippen molar-refractivity contribution in [2.45, 2.75) is 20.3 Å². The van der Waals surface area contributed by atoms with Crippen molar-refractivity contribution in [3.63, 3.8) is 0 Å². The van der Waals surface area contributed by atoms with Gasteiger partial charge in [0.1, 0.15) is 10.7 Å². The van der Waals surface area contributed by atoms with Crippen LogP contribution in [0.15, 0.2) is 24.4 Å². The molecule has 4 rings (SSSR count). The summed E-state index contributed by atoms with van der Waals surface area (Å²) in [5.41, 5.74) is 1.44. The van der Waals surface area contributed by atoms with Gasteiger partial charge in [0.2, 0.25) is 17.8 Å². The van der Waals surface area contributed by atoms with Crippen molar-refractivity contribution in [2.24, 2.45) is 0 Å². The molecule has 1 aromatic carbocycles. The zero-order chi connectivity index (χ0) is 22.7. The predicted octanol–water partition coefficient (Wildman–Crippen LogP) is 2.78. The number of aryl methyl sites for hydroxylation is 2. The van der Waals surface area contributed by atoms with E-state index in [0.717, 1.165) is 5.56 Å². The molecule has 0 saturated carbocycles. The normalized spacial score (nSPS) is 13.6. The Morgan fingerprint density at radius 3 is 2.91 bits per heavy atom. The molecule has 3 aromatic rings. The molecular formula is C20H21ClN8O2S. The molecule has 1 aliphatic heterocycles. The lowest BCUT2D eigenvalue weighted by Crippen LogP contribution is -2.48. The Labute approximate surface area is 193 Å². The van der Waals surface area contributed by atoms with Crippen LogP contribution in [0.2, 0.25) is 5.02 Å². The fourth-order valence-electron chi connectivity index (χ4n) is 3.07. The lowest BCUT2D eigenvalue weighted by atomic mass is 10.2. The monoisotopic (exact) mass is 472 g/mol. The number of halogens is 1. The van der Waals surface area contributed by atoms with E-state index >= 15 is 0 Å². The highest BCUT2D eigenvalue weighted by Crippen LogP contribution is 2.28. The minimum absolute atomic E-state index is 0.0754. The molecule has 0 bridgehead atoms. The van der Waals surface area contributed by atoms with Crippen molar-refractivity contribution in [1.29, 1.82) is 0 Å². The maximum atomic E-state index is 12.7. The van der Waals surface area contributed by atoms with Crippen LogP contribution < -0.4 is 20.9 Å². The molecule has 12 heteroatoms. The lowest BCUT2D eigenvalue weighted by Gasteiger charge is -2.26. The predicted molar refractivity (Wildman–Crippen MR) is 124 cm³/mol. The molecule has 10 nitrogen and oxygen atoms in total. The lowest BCUT2D eigenvalue weighted by molar-refractivity contribution is -0.120. The third-order valence-electron chi connectivity index (χ3n) is 4.72. The molecule has 1 saturated heterocycles. The summed E-state index contributed by atoms with van der Waals surface area (Å²) in [4.78, 5) is 44.1.